The summed E-state index contributed by atoms with van der Waals surface area (Å²) < 4.78 is 5.48. The van der Waals surface area contributed by atoms with Gasteiger partial charge < -0.3 is 9.72 Å². The molecule has 0 saturated heterocycles. The van der Waals surface area contributed by atoms with E-state index in [-0.39, 0.29) is 11.3 Å². The molecule has 0 atom stereocenters. The number of hydrogen-bond acceptors (Lipinski definition) is 4. The van der Waals surface area contributed by atoms with E-state index in [1.165, 1.54) is 6.33 Å². The fourth-order valence-corrected chi connectivity index (χ4v) is 1.63. The van der Waals surface area contributed by atoms with E-state index in [2.05, 4.69) is 19.9 Å². The first-order chi connectivity index (χ1) is 8.31. The van der Waals surface area contributed by atoms with Crippen LogP contribution in [0.4, 0.5) is 0 Å². The number of rotatable bonds is 2. The van der Waals surface area contributed by atoms with E-state index in [9.17, 15) is 0 Å². The Bertz CT molecular complexity index is 667. The number of benzene rings is 1. The minimum Gasteiger partial charge on any atom is -0.424 e. The van der Waals surface area contributed by atoms with E-state index in [0.717, 1.165) is 10.9 Å². The lowest BCUT2D eigenvalue weighted by atomic mass is 10.2. The third kappa shape index (κ3) is 2.05. The Kier molecular flexibility index (Phi) is 2.38. The van der Waals surface area contributed by atoms with Gasteiger partial charge in [-0.15, -0.1) is 0 Å². The highest BCUT2D eigenvalue weighted by molar-refractivity contribution is 6.28. The van der Waals surface area contributed by atoms with Gasteiger partial charge in [0.05, 0.1) is 0 Å². The summed E-state index contributed by atoms with van der Waals surface area (Å²) in [5.41, 5.74) is 1.05. The summed E-state index contributed by atoms with van der Waals surface area (Å²) in [5.74, 6) is 0.652. The van der Waals surface area contributed by atoms with Crippen LogP contribution in [0.1, 0.15) is 0 Å². The van der Waals surface area contributed by atoms with Crippen LogP contribution in [-0.2, 0) is 0 Å². The summed E-state index contributed by atoms with van der Waals surface area (Å²) in [7, 11) is 0. The van der Waals surface area contributed by atoms with Crippen molar-refractivity contribution in [2.75, 3.05) is 0 Å². The third-order valence-corrected chi connectivity index (χ3v) is 2.44. The largest absolute Gasteiger partial charge is 0.424 e. The van der Waals surface area contributed by atoms with Gasteiger partial charge in [-0.1, -0.05) is 0 Å². The predicted molar refractivity (Wildman–Crippen MR) is 63.2 cm³/mol. The van der Waals surface area contributed by atoms with Crippen molar-refractivity contribution < 1.29 is 4.74 Å². The van der Waals surface area contributed by atoms with Crippen LogP contribution in [0, 0.1) is 0 Å². The molecule has 3 rings (SSSR count). The molecule has 0 spiro atoms. The minimum atomic E-state index is 0.109. The number of aromatic nitrogens is 4. The van der Waals surface area contributed by atoms with Crippen LogP contribution >= 0.6 is 11.6 Å². The van der Waals surface area contributed by atoms with Crippen LogP contribution in [-0.4, -0.2) is 19.9 Å². The number of nitrogens with one attached hydrogen (secondary N) is 1. The first-order valence-electron chi connectivity index (χ1n) is 4.91. The van der Waals surface area contributed by atoms with Gasteiger partial charge in [-0.2, -0.15) is 9.97 Å². The molecule has 1 aromatic carbocycles. The zero-order chi connectivity index (χ0) is 11.7. The highest BCUT2D eigenvalue weighted by Crippen LogP contribution is 2.23. The third-order valence-electron chi connectivity index (χ3n) is 2.25. The number of ether oxygens (including phenoxy) is 1. The quantitative estimate of drug-likeness (QED) is 0.755. The van der Waals surface area contributed by atoms with Gasteiger partial charge in [0.2, 0.25) is 5.28 Å². The van der Waals surface area contributed by atoms with Crippen molar-refractivity contribution in [3.63, 3.8) is 0 Å². The number of halogens is 1. The fraction of sp³-hybridized carbons (Fsp3) is 0. The zero-order valence-electron chi connectivity index (χ0n) is 8.59. The monoisotopic (exact) mass is 246 g/mol. The molecule has 0 aliphatic carbocycles. The van der Waals surface area contributed by atoms with Crippen LogP contribution < -0.4 is 4.74 Å². The second kappa shape index (κ2) is 4.03. The maximum Gasteiger partial charge on any atom is 0.326 e. The van der Waals surface area contributed by atoms with Crippen LogP contribution in [0.15, 0.2) is 36.8 Å². The van der Waals surface area contributed by atoms with Gasteiger partial charge in [0.1, 0.15) is 12.1 Å². The first kappa shape index (κ1) is 10.0. The Morgan fingerprint density at radius 2 is 2.12 bits per heavy atom. The fourth-order valence-electron chi connectivity index (χ4n) is 1.51. The maximum atomic E-state index is 5.64. The van der Waals surface area contributed by atoms with Crippen molar-refractivity contribution >= 4 is 22.5 Å². The van der Waals surface area contributed by atoms with Gasteiger partial charge in [-0.3, -0.25) is 0 Å². The number of nitrogens with zero attached hydrogens (tertiary/aromatic N) is 3. The molecule has 84 valence electrons. The predicted octanol–water partition coefficient (Wildman–Crippen LogP) is 2.80. The minimum absolute atomic E-state index is 0.109. The van der Waals surface area contributed by atoms with Crippen LogP contribution in [0.3, 0.4) is 0 Å². The Labute approximate surface area is 101 Å². The molecule has 17 heavy (non-hydrogen) atoms. The molecular formula is C11H7ClN4O. The normalized spacial score (nSPS) is 10.6. The first-order valence-corrected chi connectivity index (χ1v) is 5.28. The summed E-state index contributed by atoms with van der Waals surface area (Å²) >= 11 is 5.64. The number of hydrogen-bond donors (Lipinski definition) is 1. The molecule has 0 amide bonds. The highest BCUT2D eigenvalue weighted by Gasteiger charge is 2.03. The molecule has 5 nitrogen and oxygen atoms in total. The molecule has 3 aromatic rings. The second-order valence-corrected chi connectivity index (χ2v) is 3.70. The second-order valence-electron chi connectivity index (χ2n) is 3.37. The molecule has 2 aromatic heterocycles. The number of aromatic amines is 1. The van der Waals surface area contributed by atoms with E-state index in [1.54, 1.807) is 0 Å². The molecule has 0 radical (unpaired) electrons. The van der Waals surface area contributed by atoms with Crippen LogP contribution in [0.25, 0.3) is 10.9 Å². The lowest BCUT2D eigenvalue weighted by Gasteiger charge is -2.02. The van der Waals surface area contributed by atoms with Gasteiger partial charge in [0, 0.05) is 17.1 Å². The standard InChI is InChI=1S/C11H7ClN4O/c12-10-14-6-15-11(16-10)17-8-1-2-9-7(5-8)3-4-13-9/h1-6,13H. The highest BCUT2D eigenvalue weighted by atomic mass is 35.5. The summed E-state index contributed by atoms with van der Waals surface area (Å²) in [6.45, 7) is 0. The summed E-state index contributed by atoms with van der Waals surface area (Å²) in [6.07, 6.45) is 3.17. The number of fused-ring (bicyclic) bond motifs is 1. The lowest BCUT2D eigenvalue weighted by Crippen LogP contribution is -1.93. The Balaban J connectivity index is 1.94. The molecular weight excluding hydrogens is 240 g/mol. The van der Waals surface area contributed by atoms with Gasteiger partial charge in [0.15, 0.2) is 0 Å². The zero-order valence-corrected chi connectivity index (χ0v) is 9.35. The molecule has 0 fully saturated rings. The molecule has 0 bridgehead atoms. The average molecular weight is 247 g/mol. The molecule has 0 aliphatic rings. The van der Waals surface area contributed by atoms with Gasteiger partial charge >= 0.3 is 6.01 Å². The molecule has 0 saturated carbocycles. The Morgan fingerprint density at radius 3 is 3.00 bits per heavy atom. The van der Waals surface area contributed by atoms with Crippen molar-refractivity contribution in [2.24, 2.45) is 0 Å². The summed E-state index contributed by atoms with van der Waals surface area (Å²) in [4.78, 5) is 14.5. The van der Waals surface area contributed by atoms with E-state index in [1.807, 2.05) is 30.5 Å². The molecule has 0 aliphatic heterocycles. The Hall–Kier alpha value is -2.14. The van der Waals surface area contributed by atoms with Crippen molar-refractivity contribution in [1.82, 2.24) is 19.9 Å². The van der Waals surface area contributed by atoms with E-state index in [4.69, 9.17) is 16.3 Å². The van der Waals surface area contributed by atoms with Gasteiger partial charge in [0.25, 0.3) is 0 Å². The van der Waals surface area contributed by atoms with Crippen molar-refractivity contribution in [3.05, 3.63) is 42.1 Å². The van der Waals surface area contributed by atoms with Crippen molar-refractivity contribution in [3.8, 4) is 11.8 Å². The van der Waals surface area contributed by atoms with E-state index in [0.29, 0.717) is 5.75 Å². The number of H-pyrrole nitrogens is 1. The summed E-state index contributed by atoms with van der Waals surface area (Å²) in [6, 6.07) is 7.79. The SMILES string of the molecule is Clc1ncnc(Oc2ccc3[nH]ccc3c2)n1. The van der Waals surface area contributed by atoms with Crippen LogP contribution in [0.5, 0.6) is 11.8 Å². The van der Waals surface area contributed by atoms with Crippen molar-refractivity contribution in [1.29, 1.82) is 0 Å². The average Bonchev–Trinajstić information content (AvgIpc) is 2.76. The van der Waals surface area contributed by atoms with E-state index >= 15 is 0 Å². The maximum absolute atomic E-state index is 5.64. The molecule has 6 heteroatoms. The smallest absolute Gasteiger partial charge is 0.326 e. The Morgan fingerprint density at radius 1 is 1.18 bits per heavy atom. The molecule has 1 N–H and O–H groups in total. The van der Waals surface area contributed by atoms with Crippen molar-refractivity contribution in [2.45, 2.75) is 0 Å². The van der Waals surface area contributed by atoms with Gasteiger partial charge in [-0.05, 0) is 35.9 Å². The van der Waals surface area contributed by atoms with Crippen LogP contribution in [0.2, 0.25) is 5.28 Å². The van der Waals surface area contributed by atoms with E-state index < -0.39 is 0 Å². The lowest BCUT2D eigenvalue weighted by molar-refractivity contribution is 0.440. The molecule has 0 unspecified atom stereocenters. The summed E-state index contributed by atoms with van der Waals surface area (Å²) in [5, 5.41) is 1.17. The topological polar surface area (TPSA) is 63.7 Å². The molecule has 2 heterocycles. The van der Waals surface area contributed by atoms with Gasteiger partial charge in [-0.25, -0.2) is 4.98 Å².